The van der Waals surface area contributed by atoms with Gasteiger partial charge in [0.2, 0.25) is 0 Å². The Morgan fingerprint density at radius 3 is 2.34 bits per heavy atom. The fraction of sp³-hybridized carbons (Fsp3) is 0.556. The molecule has 6 nitrogen and oxygen atoms in total. The number of anilines is 1. The molecule has 2 heterocycles. The molecule has 0 spiro atoms. The first-order chi connectivity index (χ1) is 18.0. The highest BCUT2D eigenvalue weighted by Crippen LogP contribution is 2.46. The maximum atomic E-state index is 14.7. The molecule has 2 aromatic rings. The van der Waals surface area contributed by atoms with E-state index in [9.17, 15) is 31.5 Å². The van der Waals surface area contributed by atoms with E-state index >= 15 is 0 Å². The predicted octanol–water partition coefficient (Wildman–Crippen LogP) is 5.14. The number of carbonyl (C=O) groups excluding carboxylic acids is 1. The lowest BCUT2D eigenvalue weighted by Crippen LogP contribution is -2.47. The van der Waals surface area contributed by atoms with Gasteiger partial charge in [-0.15, -0.1) is 0 Å². The summed E-state index contributed by atoms with van der Waals surface area (Å²) in [4.78, 5) is 28.6. The fourth-order valence-corrected chi connectivity index (χ4v) is 6.22. The van der Waals surface area contributed by atoms with Crippen molar-refractivity contribution in [3.05, 3.63) is 63.3 Å². The quantitative estimate of drug-likeness (QED) is 0.480. The van der Waals surface area contributed by atoms with E-state index in [2.05, 4.69) is 15.5 Å². The highest BCUT2D eigenvalue weighted by atomic mass is 19.3. The molecule has 11 heteroatoms. The van der Waals surface area contributed by atoms with Crippen LogP contribution in [-0.2, 0) is 0 Å². The predicted molar refractivity (Wildman–Crippen MR) is 132 cm³/mol. The van der Waals surface area contributed by atoms with E-state index in [0.717, 1.165) is 42.8 Å². The number of benzene rings is 1. The number of pyridine rings is 1. The second-order valence-corrected chi connectivity index (χ2v) is 10.9. The topological polar surface area (TPSA) is 66.4 Å². The van der Waals surface area contributed by atoms with Gasteiger partial charge in [0.1, 0.15) is 11.9 Å². The number of hydrogen-bond acceptors (Lipinski definition) is 4. The number of amides is 1. The van der Waals surface area contributed by atoms with Gasteiger partial charge in [-0.3, -0.25) is 9.59 Å². The van der Waals surface area contributed by atoms with E-state index in [1.165, 1.54) is 25.1 Å². The number of likely N-dealkylation sites (tertiary alicyclic amines) is 1. The third-order valence-corrected chi connectivity index (χ3v) is 8.35. The zero-order valence-corrected chi connectivity index (χ0v) is 21.2. The summed E-state index contributed by atoms with van der Waals surface area (Å²) in [5, 5.41) is 5.97. The van der Waals surface area contributed by atoms with E-state index < -0.39 is 47.3 Å². The smallest absolute Gasteiger partial charge is 0.268 e. The molecular weight excluding hydrogens is 507 g/mol. The van der Waals surface area contributed by atoms with E-state index in [4.69, 9.17) is 0 Å². The van der Waals surface area contributed by atoms with Gasteiger partial charge in [0.05, 0.1) is 22.9 Å². The monoisotopic (exact) mass is 538 g/mol. The molecule has 2 N–H and O–H groups in total. The van der Waals surface area contributed by atoms with E-state index in [0.29, 0.717) is 11.8 Å². The van der Waals surface area contributed by atoms with Gasteiger partial charge < -0.3 is 20.1 Å². The number of fused-ring (bicyclic) bond motifs is 2. The van der Waals surface area contributed by atoms with Gasteiger partial charge >= 0.3 is 0 Å². The van der Waals surface area contributed by atoms with Gasteiger partial charge in [0.25, 0.3) is 23.8 Å². The Bertz CT molecular complexity index is 1270. The number of hydrogen-bond donors (Lipinski definition) is 2. The molecule has 3 aliphatic rings. The van der Waals surface area contributed by atoms with E-state index in [1.54, 1.807) is 0 Å². The molecule has 1 aliphatic heterocycles. The van der Waals surface area contributed by atoms with Crippen molar-refractivity contribution in [2.75, 3.05) is 25.5 Å². The van der Waals surface area contributed by atoms with Crippen molar-refractivity contribution >= 4 is 11.6 Å². The first-order valence-electron chi connectivity index (χ1n) is 12.9. The van der Waals surface area contributed by atoms with Crippen molar-refractivity contribution in [3.8, 4) is 0 Å². The molecule has 1 amide bonds. The Hall–Kier alpha value is -2.95. The summed E-state index contributed by atoms with van der Waals surface area (Å²) in [6.45, 7) is 3.17. The van der Waals surface area contributed by atoms with Gasteiger partial charge in [-0.1, -0.05) is 18.2 Å². The Kier molecular flexibility index (Phi) is 7.00. The molecular formula is C27H31F5N4O2. The van der Waals surface area contributed by atoms with Crippen LogP contribution in [0.1, 0.15) is 72.6 Å². The Morgan fingerprint density at radius 2 is 1.76 bits per heavy atom. The molecule has 5 rings (SSSR count). The minimum absolute atomic E-state index is 0.00994. The zero-order valence-electron chi connectivity index (χ0n) is 21.2. The van der Waals surface area contributed by atoms with Crippen LogP contribution in [-0.4, -0.2) is 47.5 Å². The summed E-state index contributed by atoms with van der Waals surface area (Å²) in [6, 6.07) is 2.40. The minimum atomic E-state index is -3.06. The fourth-order valence-electron chi connectivity index (χ4n) is 6.22. The number of nitrogens with zero attached hydrogens (tertiary/aromatic N) is 2. The SMILES string of the molecule is C[C@@H](NC(=O)c1cn([C@H]2CCC2(F)F)c(=O)cc1N[C@@H]1[C@@H]2CC[C@H]1CN(C)C2)c1cccc(C(F)F)c1F. The second-order valence-electron chi connectivity index (χ2n) is 10.9. The molecule has 1 saturated heterocycles. The van der Waals surface area contributed by atoms with Crippen LogP contribution in [0.2, 0.25) is 0 Å². The van der Waals surface area contributed by atoms with E-state index in [-0.39, 0.29) is 35.7 Å². The Balaban J connectivity index is 1.47. The molecule has 2 bridgehead atoms. The standard InChI is InChI=1S/C27H31F5N4O2/c1-14(17-4-3-5-18(23(17)28)25(29)30)33-26(38)19-13-36(21-8-9-27(21,31)32)22(37)10-20(19)34-24-15-6-7-16(24)12-35(2)11-15/h3-5,10,13-16,21,24-25,34H,6-9,11-12H2,1-2H3,(H,33,38)/t14-,15-,16+,21+,24-/m1/s1. The van der Waals surface area contributed by atoms with Crippen LogP contribution in [0.25, 0.3) is 0 Å². The summed E-state index contributed by atoms with van der Waals surface area (Å²) >= 11 is 0. The number of rotatable bonds is 7. The lowest BCUT2D eigenvalue weighted by molar-refractivity contribution is -0.123. The van der Waals surface area contributed by atoms with Crippen LogP contribution in [0, 0.1) is 17.7 Å². The molecule has 1 aromatic heterocycles. The van der Waals surface area contributed by atoms with Gasteiger partial charge in [-0.25, -0.2) is 22.0 Å². The summed E-state index contributed by atoms with van der Waals surface area (Å²) in [6.07, 6.45) is -0.130. The number of halogens is 5. The first-order valence-corrected chi connectivity index (χ1v) is 12.9. The molecule has 206 valence electrons. The van der Waals surface area contributed by atoms with Crippen LogP contribution in [0.15, 0.2) is 35.3 Å². The van der Waals surface area contributed by atoms with Crippen LogP contribution < -0.4 is 16.2 Å². The highest BCUT2D eigenvalue weighted by Gasteiger charge is 2.50. The van der Waals surface area contributed by atoms with Crippen LogP contribution in [0.5, 0.6) is 0 Å². The third kappa shape index (κ3) is 4.81. The molecule has 2 aliphatic carbocycles. The van der Waals surface area contributed by atoms with Gasteiger partial charge in [0.15, 0.2) is 0 Å². The summed E-state index contributed by atoms with van der Waals surface area (Å²) in [5.74, 6) is -4.29. The van der Waals surface area contributed by atoms with Crippen molar-refractivity contribution in [2.24, 2.45) is 11.8 Å². The lowest BCUT2D eigenvalue weighted by atomic mass is 9.87. The summed E-state index contributed by atoms with van der Waals surface area (Å²) < 4.78 is 70.4. The average molecular weight is 539 g/mol. The van der Waals surface area contributed by atoms with Gasteiger partial charge in [0, 0.05) is 43.4 Å². The minimum Gasteiger partial charge on any atom is -0.381 e. The van der Waals surface area contributed by atoms with Crippen molar-refractivity contribution in [3.63, 3.8) is 0 Å². The Morgan fingerprint density at radius 1 is 1.11 bits per heavy atom. The van der Waals surface area contributed by atoms with Gasteiger partial charge in [-0.2, -0.15) is 0 Å². The maximum absolute atomic E-state index is 14.7. The van der Waals surface area contributed by atoms with Crippen molar-refractivity contribution in [2.45, 2.75) is 63.1 Å². The van der Waals surface area contributed by atoms with Crippen LogP contribution in [0.4, 0.5) is 27.6 Å². The van der Waals surface area contributed by atoms with Crippen molar-refractivity contribution < 1.29 is 26.7 Å². The number of alkyl halides is 4. The normalized spacial score (nSPS) is 27.2. The average Bonchev–Trinajstić information content (AvgIpc) is 3.07. The third-order valence-electron chi connectivity index (χ3n) is 8.35. The number of nitrogens with one attached hydrogen (secondary N) is 2. The van der Waals surface area contributed by atoms with E-state index in [1.807, 2.05) is 7.05 Å². The molecule has 0 radical (unpaired) electrons. The largest absolute Gasteiger partial charge is 0.381 e. The molecule has 1 aromatic carbocycles. The lowest BCUT2D eigenvalue weighted by Gasteiger charge is -2.39. The molecule has 5 atom stereocenters. The molecule has 3 fully saturated rings. The van der Waals surface area contributed by atoms with Crippen molar-refractivity contribution in [1.82, 2.24) is 14.8 Å². The van der Waals surface area contributed by atoms with Crippen LogP contribution >= 0.6 is 0 Å². The highest BCUT2D eigenvalue weighted by molar-refractivity contribution is 5.99. The maximum Gasteiger partial charge on any atom is 0.268 e. The second kappa shape index (κ2) is 9.98. The van der Waals surface area contributed by atoms with Crippen molar-refractivity contribution in [1.29, 1.82) is 0 Å². The molecule has 2 saturated carbocycles. The number of piperidine rings is 1. The number of carbonyl (C=O) groups is 1. The van der Waals surface area contributed by atoms with Crippen LogP contribution in [0.3, 0.4) is 0 Å². The zero-order chi connectivity index (χ0) is 27.4. The summed E-state index contributed by atoms with van der Waals surface area (Å²) in [5.41, 5.74) is -1.34. The van der Waals surface area contributed by atoms with Gasteiger partial charge in [-0.05, 0) is 45.1 Å². The molecule has 38 heavy (non-hydrogen) atoms. The Labute approximate surface area is 217 Å². The number of aromatic nitrogens is 1. The summed E-state index contributed by atoms with van der Waals surface area (Å²) in [7, 11) is 2.05. The first kappa shape index (κ1) is 26.6. The molecule has 0 unspecified atom stereocenters.